The van der Waals surface area contributed by atoms with Gasteiger partial charge >= 0.3 is 0 Å². The number of H-pyrrole nitrogens is 1. The number of allylic oxidation sites excluding steroid dienone is 1. The SMILES string of the molecule is C=CCn1c(SCCc2ncc[nH]2)nnc1C1CCNCC1. The van der Waals surface area contributed by atoms with Crippen molar-refractivity contribution in [3.8, 4) is 0 Å². The summed E-state index contributed by atoms with van der Waals surface area (Å²) in [7, 11) is 0. The third-order valence-corrected chi connectivity index (χ3v) is 4.85. The fourth-order valence-electron chi connectivity index (χ4n) is 2.76. The van der Waals surface area contributed by atoms with Crippen LogP contribution in [-0.2, 0) is 13.0 Å². The number of hydrogen-bond acceptors (Lipinski definition) is 5. The minimum atomic E-state index is 0.508. The Hall–Kier alpha value is -1.60. The van der Waals surface area contributed by atoms with E-state index in [0.29, 0.717) is 5.92 Å². The van der Waals surface area contributed by atoms with Gasteiger partial charge in [0.15, 0.2) is 5.16 Å². The molecule has 3 rings (SSSR count). The molecule has 22 heavy (non-hydrogen) atoms. The number of imidazole rings is 1. The number of aromatic amines is 1. The van der Waals surface area contributed by atoms with E-state index in [4.69, 9.17) is 0 Å². The van der Waals surface area contributed by atoms with Gasteiger partial charge in [0, 0.05) is 37.0 Å². The first-order chi connectivity index (χ1) is 10.9. The van der Waals surface area contributed by atoms with Gasteiger partial charge in [0.2, 0.25) is 0 Å². The van der Waals surface area contributed by atoms with Crippen LogP contribution in [-0.4, -0.2) is 43.6 Å². The van der Waals surface area contributed by atoms with Gasteiger partial charge in [0.1, 0.15) is 11.6 Å². The Labute approximate surface area is 134 Å². The van der Waals surface area contributed by atoms with E-state index in [1.54, 1.807) is 18.0 Å². The highest BCUT2D eigenvalue weighted by atomic mass is 32.2. The molecule has 2 aromatic rings. The monoisotopic (exact) mass is 318 g/mol. The maximum absolute atomic E-state index is 4.47. The minimum absolute atomic E-state index is 0.508. The van der Waals surface area contributed by atoms with Crippen LogP contribution in [0.5, 0.6) is 0 Å². The molecule has 0 saturated carbocycles. The zero-order valence-corrected chi connectivity index (χ0v) is 13.5. The molecule has 0 aromatic carbocycles. The van der Waals surface area contributed by atoms with Crippen molar-refractivity contribution < 1.29 is 0 Å². The number of hydrogen-bond donors (Lipinski definition) is 2. The standard InChI is InChI=1S/C15H22N6S/c1-2-10-21-14(12-3-6-16-7-4-12)19-20-15(21)22-11-5-13-17-8-9-18-13/h2,8-9,12,16H,1,3-7,10-11H2,(H,17,18). The number of rotatable bonds is 7. The molecule has 0 radical (unpaired) electrons. The highest BCUT2D eigenvalue weighted by Gasteiger charge is 2.22. The van der Waals surface area contributed by atoms with Crippen molar-refractivity contribution in [3.63, 3.8) is 0 Å². The molecule has 3 heterocycles. The lowest BCUT2D eigenvalue weighted by Crippen LogP contribution is -2.28. The average Bonchev–Trinajstić information content (AvgIpc) is 3.19. The predicted octanol–water partition coefficient (Wildman–Crippen LogP) is 1.99. The molecule has 0 atom stereocenters. The van der Waals surface area contributed by atoms with Gasteiger partial charge in [-0.05, 0) is 25.9 Å². The summed E-state index contributed by atoms with van der Waals surface area (Å²) in [6.07, 6.45) is 8.73. The summed E-state index contributed by atoms with van der Waals surface area (Å²) in [6, 6.07) is 0. The number of nitrogens with one attached hydrogen (secondary N) is 2. The van der Waals surface area contributed by atoms with Crippen LogP contribution in [0.25, 0.3) is 0 Å². The molecule has 7 heteroatoms. The summed E-state index contributed by atoms with van der Waals surface area (Å²) < 4.78 is 2.22. The summed E-state index contributed by atoms with van der Waals surface area (Å²) in [5.41, 5.74) is 0. The summed E-state index contributed by atoms with van der Waals surface area (Å²) >= 11 is 1.74. The highest BCUT2D eigenvalue weighted by Crippen LogP contribution is 2.27. The average molecular weight is 318 g/mol. The Kier molecular flexibility index (Phi) is 5.29. The molecule has 1 saturated heterocycles. The zero-order valence-electron chi connectivity index (χ0n) is 12.7. The predicted molar refractivity (Wildman–Crippen MR) is 88.1 cm³/mol. The van der Waals surface area contributed by atoms with Crippen LogP contribution in [0.3, 0.4) is 0 Å². The number of nitrogens with zero attached hydrogens (tertiary/aromatic N) is 4. The van der Waals surface area contributed by atoms with Crippen molar-refractivity contribution in [2.45, 2.75) is 36.9 Å². The fourth-order valence-corrected chi connectivity index (χ4v) is 3.66. The van der Waals surface area contributed by atoms with Crippen LogP contribution in [0.4, 0.5) is 0 Å². The van der Waals surface area contributed by atoms with E-state index >= 15 is 0 Å². The Balaban J connectivity index is 1.67. The van der Waals surface area contributed by atoms with Crippen LogP contribution in [0, 0.1) is 0 Å². The number of aromatic nitrogens is 5. The molecule has 0 aliphatic carbocycles. The van der Waals surface area contributed by atoms with Crippen LogP contribution in [0.2, 0.25) is 0 Å². The Morgan fingerprint density at radius 1 is 1.36 bits per heavy atom. The molecule has 1 fully saturated rings. The molecule has 6 nitrogen and oxygen atoms in total. The van der Waals surface area contributed by atoms with Crippen molar-refractivity contribution in [2.75, 3.05) is 18.8 Å². The maximum Gasteiger partial charge on any atom is 0.191 e. The molecule has 1 aliphatic rings. The van der Waals surface area contributed by atoms with Crippen LogP contribution < -0.4 is 5.32 Å². The lowest BCUT2D eigenvalue weighted by atomic mass is 9.97. The quantitative estimate of drug-likeness (QED) is 0.603. The Morgan fingerprint density at radius 2 is 2.23 bits per heavy atom. The lowest BCUT2D eigenvalue weighted by Gasteiger charge is -2.22. The minimum Gasteiger partial charge on any atom is -0.349 e. The molecule has 1 aliphatic heterocycles. The van der Waals surface area contributed by atoms with Crippen molar-refractivity contribution in [1.82, 2.24) is 30.0 Å². The molecular weight excluding hydrogens is 296 g/mol. The number of aryl methyl sites for hydroxylation is 1. The van der Waals surface area contributed by atoms with E-state index < -0.39 is 0 Å². The van der Waals surface area contributed by atoms with Crippen LogP contribution in [0.15, 0.2) is 30.2 Å². The van der Waals surface area contributed by atoms with E-state index in [2.05, 4.69) is 36.6 Å². The summed E-state index contributed by atoms with van der Waals surface area (Å²) in [6.45, 7) is 6.77. The second kappa shape index (κ2) is 7.60. The largest absolute Gasteiger partial charge is 0.349 e. The van der Waals surface area contributed by atoms with Gasteiger partial charge in [0.05, 0.1) is 0 Å². The second-order valence-electron chi connectivity index (χ2n) is 5.40. The molecule has 0 unspecified atom stereocenters. The molecular formula is C15H22N6S. The van der Waals surface area contributed by atoms with E-state index in [1.165, 1.54) is 0 Å². The molecule has 2 N–H and O–H groups in total. The van der Waals surface area contributed by atoms with E-state index in [0.717, 1.165) is 61.5 Å². The van der Waals surface area contributed by atoms with Crippen molar-refractivity contribution in [3.05, 3.63) is 36.7 Å². The topological polar surface area (TPSA) is 71.4 Å². The van der Waals surface area contributed by atoms with Crippen LogP contribution >= 0.6 is 11.8 Å². The first-order valence-electron chi connectivity index (χ1n) is 7.74. The van der Waals surface area contributed by atoms with Crippen molar-refractivity contribution >= 4 is 11.8 Å². The maximum atomic E-state index is 4.47. The summed E-state index contributed by atoms with van der Waals surface area (Å²) in [5.74, 6) is 3.57. The van der Waals surface area contributed by atoms with E-state index in [1.807, 2.05) is 12.3 Å². The molecule has 0 amide bonds. The third-order valence-electron chi connectivity index (χ3n) is 3.89. The first-order valence-corrected chi connectivity index (χ1v) is 8.73. The second-order valence-corrected chi connectivity index (χ2v) is 6.46. The molecule has 2 aromatic heterocycles. The smallest absolute Gasteiger partial charge is 0.191 e. The van der Waals surface area contributed by atoms with Crippen molar-refractivity contribution in [1.29, 1.82) is 0 Å². The van der Waals surface area contributed by atoms with Crippen LogP contribution in [0.1, 0.15) is 30.4 Å². The number of thioether (sulfide) groups is 1. The normalized spacial score (nSPS) is 16.0. The summed E-state index contributed by atoms with van der Waals surface area (Å²) in [4.78, 5) is 7.38. The van der Waals surface area contributed by atoms with Gasteiger partial charge < -0.3 is 14.9 Å². The van der Waals surface area contributed by atoms with Gasteiger partial charge in [-0.2, -0.15) is 0 Å². The van der Waals surface area contributed by atoms with Gasteiger partial charge in [-0.3, -0.25) is 0 Å². The fraction of sp³-hybridized carbons (Fsp3) is 0.533. The van der Waals surface area contributed by atoms with Gasteiger partial charge in [-0.25, -0.2) is 4.98 Å². The lowest BCUT2D eigenvalue weighted by molar-refractivity contribution is 0.431. The Bertz CT molecular complexity index is 585. The van der Waals surface area contributed by atoms with Crippen molar-refractivity contribution in [2.24, 2.45) is 0 Å². The molecule has 118 valence electrons. The van der Waals surface area contributed by atoms with Gasteiger partial charge in [-0.15, -0.1) is 16.8 Å². The molecule has 0 bridgehead atoms. The highest BCUT2D eigenvalue weighted by molar-refractivity contribution is 7.99. The number of piperidine rings is 1. The zero-order chi connectivity index (χ0) is 15.2. The third kappa shape index (κ3) is 3.59. The van der Waals surface area contributed by atoms with E-state index in [9.17, 15) is 0 Å². The van der Waals surface area contributed by atoms with E-state index in [-0.39, 0.29) is 0 Å². The molecule has 0 spiro atoms. The first kappa shape index (κ1) is 15.3. The summed E-state index contributed by atoms with van der Waals surface area (Å²) in [5, 5.41) is 13.3. The van der Waals surface area contributed by atoms with Gasteiger partial charge in [0.25, 0.3) is 0 Å². The van der Waals surface area contributed by atoms with Gasteiger partial charge in [-0.1, -0.05) is 17.8 Å². The Morgan fingerprint density at radius 3 is 2.95 bits per heavy atom.